The van der Waals surface area contributed by atoms with E-state index in [0.29, 0.717) is 38.3 Å². The van der Waals surface area contributed by atoms with Gasteiger partial charge in [0.25, 0.3) is 0 Å². The lowest BCUT2D eigenvalue weighted by Crippen LogP contribution is -2.35. The van der Waals surface area contributed by atoms with Gasteiger partial charge in [0.15, 0.2) is 5.65 Å². The molecule has 2 saturated heterocycles. The van der Waals surface area contributed by atoms with E-state index in [0.717, 1.165) is 10.6 Å². The smallest absolute Gasteiger partial charge is 0.342 e. The quantitative estimate of drug-likeness (QED) is 0.780. The van der Waals surface area contributed by atoms with Crippen LogP contribution in [0.15, 0.2) is 12.1 Å². The van der Waals surface area contributed by atoms with Gasteiger partial charge in [-0.15, -0.1) is 0 Å². The van der Waals surface area contributed by atoms with Crippen LogP contribution in [-0.2, 0) is 15.8 Å². The number of alkyl halides is 3. The molecule has 0 N–H and O–H groups in total. The molecule has 2 fully saturated rings. The Bertz CT molecular complexity index is 971. The van der Waals surface area contributed by atoms with Crippen molar-refractivity contribution >= 4 is 17.5 Å². The molecule has 0 aromatic carbocycles. The minimum atomic E-state index is -4.53. The number of aryl methyl sites for hydroxylation is 1. The summed E-state index contributed by atoms with van der Waals surface area (Å²) in [5.41, 5.74) is 0.0610. The van der Waals surface area contributed by atoms with Gasteiger partial charge in [0.1, 0.15) is 5.69 Å². The van der Waals surface area contributed by atoms with Crippen molar-refractivity contribution in [3.8, 4) is 0 Å². The molecule has 2 aromatic heterocycles. The summed E-state index contributed by atoms with van der Waals surface area (Å²) < 4.78 is 40.9. The van der Waals surface area contributed by atoms with E-state index in [2.05, 4.69) is 10.1 Å². The van der Waals surface area contributed by atoms with Gasteiger partial charge in [-0.1, -0.05) is 0 Å². The SMILES string of the molecule is CCN1CC(C(=O)N2CCC(c3cc4nc(C)cc(C(F)(F)F)n4n3)C2)CC1=O. The third-order valence-electron chi connectivity index (χ3n) is 5.73. The first-order valence-corrected chi connectivity index (χ1v) is 9.68. The monoisotopic (exact) mass is 409 g/mol. The molecule has 0 aliphatic carbocycles. The molecule has 2 amide bonds. The number of fused-ring (bicyclic) bond motifs is 1. The van der Waals surface area contributed by atoms with Crippen molar-refractivity contribution in [3.05, 3.63) is 29.2 Å². The van der Waals surface area contributed by atoms with E-state index >= 15 is 0 Å². The molecule has 156 valence electrons. The van der Waals surface area contributed by atoms with Crippen LogP contribution in [0.1, 0.15) is 42.8 Å². The van der Waals surface area contributed by atoms with Crippen molar-refractivity contribution < 1.29 is 22.8 Å². The molecule has 2 aromatic rings. The minimum Gasteiger partial charge on any atom is -0.342 e. The summed E-state index contributed by atoms with van der Waals surface area (Å²) in [5, 5.41) is 4.16. The van der Waals surface area contributed by atoms with E-state index in [1.54, 1.807) is 15.9 Å². The molecule has 29 heavy (non-hydrogen) atoms. The predicted octanol–water partition coefficient (Wildman–Crippen LogP) is 2.24. The van der Waals surface area contributed by atoms with Crippen LogP contribution in [0.3, 0.4) is 0 Å². The van der Waals surface area contributed by atoms with Crippen LogP contribution >= 0.6 is 0 Å². The second-order valence-electron chi connectivity index (χ2n) is 7.72. The molecule has 0 bridgehead atoms. The average molecular weight is 409 g/mol. The third kappa shape index (κ3) is 3.56. The number of halogens is 3. The molecule has 0 saturated carbocycles. The Hall–Kier alpha value is -2.65. The third-order valence-corrected chi connectivity index (χ3v) is 5.73. The molecular formula is C19H22F3N5O2. The molecule has 2 unspecified atom stereocenters. The van der Waals surface area contributed by atoms with E-state index in [4.69, 9.17) is 0 Å². The van der Waals surface area contributed by atoms with Crippen molar-refractivity contribution in [2.45, 2.75) is 38.8 Å². The van der Waals surface area contributed by atoms with Crippen molar-refractivity contribution in [2.24, 2.45) is 5.92 Å². The zero-order valence-electron chi connectivity index (χ0n) is 16.2. The van der Waals surface area contributed by atoms with Crippen LogP contribution in [-0.4, -0.2) is 62.4 Å². The number of carbonyl (C=O) groups excluding carboxylic acids is 2. The van der Waals surface area contributed by atoms with Gasteiger partial charge in [0.05, 0.1) is 11.6 Å². The Kier molecular flexibility index (Phi) is 4.74. The number of rotatable bonds is 3. The topological polar surface area (TPSA) is 70.8 Å². The van der Waals surface area contributed by atoms with Gasteiger partial charge < -0.3 is 9.80 Å². The van der Waals surface area contributed by atoms with Crippen LogP contribution < -0.4 is 0 Å². The molecule has 10 heteroatoms. The van der Waals surface area contributed by atoms with E-state index in [9.17, 15) is 22.8 Å². The molecule has 2 atom stereocenters. The molecule has 2 aliphatic rings. The summed E-state index contributed by atoms with van der Waals surface area (Å²) in [6, 6.07) is 2.55. The maximum Gasteiger partial charge on any atom is 0.433 e. The molecule has 0 radical (unpaired) electrons. The zero-order chi connectivity index (χ0) is 20.9. The van der Waals surface area contributed by atoms with E-state index in [1.807, 2.05) is 6.92 Å². The number of carbonyl (C=O) groups is 2. The minimum absolute atomic E-state index is 0.0110. The number of nitrogens with zero attached hydrogens (tertiary/aromatic N) is 5. The van der Waals surface area contributed by atoms with Crippen molar-refractivity contribution in [1.29, 1.82) is 0 Å². The van der Waals surface area contributed by atoms with Gasteiger partial charge in [0.2, 0.25) is 11.8 Å². The van der Waals surface area contributed by atoms with Gasteiger partial charge in [-0.3, -0.25) is 9.59 Å². The number of likely N-dealkylation sites (tertiary alicyclic amines) is 2. The fourth-order valence-corrected chi connectivity index (χ4v) is 4.22. The predicted molar refractivity (Wildman–Crippen MR) is 97.0 cm³/mol. The summed E-state index contributed by atoms with van der Waals surface area (Å²) in [5.74, 6) is -0.571. The van der Waals surface area contributed by atoms with Crippen LogP contribution in [0.25, 0.3) is 5.65 Å². The Balaban J connectivity index is 1.53. The fourth-order valence-electron chi connectivity index (χ4n) is 4.22. The van der Waals surface area contributed by atoms with Crippen LogP contribution in [0.4, 0.5) is 13.2 Å². The summed E-state index contributed by atoms with van der Waals surface area (Å²) >= 11 is 0. The summed E-state index contributed by atoms with van der Waals surface area (Å²) in [7, 11) is 0. The Morgan fingerprint density at radius 2 is 2.03 bits per heavy atom. The normalized spacial score (nSPS) is 22.9. The highest BCUT2D eigenvalue weighted by Gasteiger charge is 2.39. The first kappa shape index (κ1) is 19.7. The first-order chi connectivity index (χ1) is 13.7. The Morgan fingerprint density at radius 1 is 1.28 bits per heavy atom. The van der Waals surface area contributed by atoms with E-state index in [1.165, 1.54) is 6.92 Å². The highest BCUT2D eigenvalue weighted by molar-refractivity contribution is 5.89. The van der Waals surface area contributed by atoms with E-state index in [-0.39, 0.29) is 41.4 Å². The molecular weight excluding hydrogens is 387 g/mol. The highest BCUT2D eigenvalue weighted by Crippen LogP contribution is 2.33. The second kappa shape index (κ2) is 7.00. The number of hydrogen-bond acceptors (Lipinski definition) is 4. The summed E-state index contributed by atoms with van der Waals surface area (Å²) in [4.78, 5) is 32.2. The van der Waals surface area contributed by atoms with Crippen molar-refractivity contribution in [2.75, 3.05) is 26.2 Å². The molecule has 4 rings (SSSR count). The number of hydrogen-bond donors (Lipinski definition) is 0. The van der Waals surface area contributed by atoms with Gasteiger partial charge in [-0.2, -0.15) is 18.3 Å². The summed E-state index contributed by atoms with van der Waals surface area (Å²) in [6.07, 6.45) is -3.69. The molecule has 4 heterocycles. The number of aromatic nitrogens is 3. The lowest BCUT2D eigenvalue weighted by atomic mass is 10.1. The van der Waals surface area contributed by atoms with Gasteiger partial charge >= 0.3 is 6.18 Å². The highest BCUT2D eigenvalue weighted by atomic mass is 19.4. The largest absolute Gasteiger partial charge is 0.433 e. The van der Waals surface area contributed by atoms with Gasteiger partial charge in [-0.25, -0.2) is 9.50 Å². The maximum atomic E-state index is 13.3. The van der Waals surface area contributed by atoms with Gasteiger partial charge in [-0.05, 0) is 26.3 Å². The second-order valence-corrected chi connectivity index (χ2v) is 7.72. The van der Waals surface area contributed by atoms with Gasteiger partial charge in [0, 0.05) is 50.3 Å². The van der Waals surface area contributed by atoms with E-state index < -0.39 is 11.9 Å². The molecule has 7 nitrogen and oxygen atoms in total. The Morgan fingerprint density at radius 3 is 2.69 bits per heavy atom. The first-order valence-electron chi connectivity index (χ1n) is 9.68. The lowest BCUT2D eigenvalue weighted by Gasteiger charge is -2.20. The van der Waals surface area contributed by atoms with Crippen LogP contribution in [0, 0.1) is 12.8 Å². The summed E-state index contributed by atoms with van der Waals surface area (Å²) in [6.45, 7) is 5.31. The number of amides is 2. The fraction of sp³-hybridized carbons (Fsp3) is 0.579. The Labute approximate surface area is 165 Å². The standard InChI is InChI=1S/C19H22F3N5O2/c1-3-25-10-13(7-17(25)28)18(29)26-5-4-12(9-26)14-8-16-23-11(2)6-15(19(20,21)22)27(16)24-14/h6,8,12-13H,3-5,7,9-10H2,1-2H3. The van der Waals surface area contributed by atoms with Crippen LogP contribution in [0.2, 0.25) is 0 Å². The average Bonchev–Trinajstić information content (AvgIpc) is 3.36. The lowest BCUT2D eigenvalue weighted by molar-refractivity contribution is -0.142. The zero-order valence-corrected chi connectivity index (χ0v) is 16.2. The molecule has 2 aliphatic heterocycles. The van der Waals surface area contributed by atoms with Crippen molar-refractivity contribution in [3.63, 3.8) is 0 Å². The van der Waals surface area contributed by atoms with Crippen molar-refractivity contribution in [1.82, 2.24) is 24.4 Å². The van der Waals surface area contributed by atoms with Crippen LogP contribution in [0.5, 0.6) is 0 Å². The maximum absolute atomic E-state index is 13.3. The molecule has 0 spiro atoms.